The summed E-state index contributed by atoms with van der Waals surface area (Å²) in [6.07, 6.45) is 2.01. The van der Waals surface area contributed by atoms with Crippen LogP contribution in [0.3, 0.4) is 0 Å². The number of benzene rings is 1. The standard InChI is InChI=1S/C31H37N5O10S2/c1-6-18(2)13-21-10-7-20(15-35(21)5)19-8-11-22(12-9-19)44-16-26(29(39)40)45-34-27(24-17-47-30(32)33-24)25(37)14-23-28(38)36(31(23,3)4)46-48(41,42)43/h7-12,15,17-18,23,26H,6,13-14,16H2,1-5H3,(H3-,32,33,39,40,41,42,43)/p+1/b34-27-/t18?,23-,26+/m1/s1. The Morgan fingerprint density at radius 1 is 1.19 bits per heavy atom. The summed E-state index contributed by atoms with van der Waals surface area (Å²) >= 11 is 0.994. The number of carbonyl (C=O) groups is 3. The number of hydrogen-bond acceptors (Lipinski definition) is 12. The van der Waals surface area contributed by atoms with E-state index in [2.05, 4.69) is 51.2 Å². The molecule has 4 N–H and O–H groups in total. The number of nitrogens with zero attached hydrogens (tertiary/aromatic N) is 4. The number of carboxylic acid groups (broad SMARTS) is 1. The summed E-state index contributed by atoms with van der Waals surface area (Å²) in [6, 6.07) is 11.3. The predicted molar refractivity (Wildman–Crippen MR) is 174 cm³/mol. The second-order valence-electron chi connectivity index (χ2n) is 12.0. The van der Waals surface area contributed by atoms with Gasteiger partial charge in [0.2, 0.25) is 0 Å². The van der Waals surface area contributed by atoms with E-state index >= 15 is 0 Å². The number of carbonyl (C=O) groups excluding carboxylic acids is 2. The van der Waals surface area contributed by atoms with Gasteiger partial charge < -0.3 is 20.4 Å². The Hall–Kier alpha value is -4.45. The maximum absolute atomic E-state index is 13.3. The third-order valence-corrected chi connectivity index (χ3v) is 9.10. The fourth-order valence-corrected chi connectivity index (χ4v) is 5.99. The Labute approximate surface area is 281 Å². The van der Waals surface area contributed by atoms with Crippen LogP contribution in [0.5, 0.6) is 5.75 Å². The molecule has 0 radical (unpaired) electrons. The zero-order valence-corrected chi connectivity index (χ0v) is 28.7. The summed E-state index contributed by atoms with van der Waals surface area (Å²) < 4.78 is 43.3. The number of β-lactam (4-membered cyclic amide) rings is 1. The summed E-state index contributed by atoms with van der Waals surface area (Å²) in [6.45, 7) is 6.79. The van der Waals surface area contributed by atoms with Gasteiger partial charge >= 0.3 is 16.4 Å². The molecule has 3 heterocycles. The zero-order chi connectivity index (χ0) is 35.4. The first-order chi connectivity index (χ1) is 22.5. The van der Waals surface area contributed by atoms with Crippen LogP contribution in [0.15, 0.2) is 53.1 Å². The van der Waals surface area contributed by atoms with Gasteiger partial charge in [-0.3, -0.25) is 14.1 Å². The van der Waals surface area contributed by atoms with Crippen LogP contribution >= 0.6 is 11.3 Å². The van der Waals surface area contributed by atoms with Crippen molar-refractivity contribution < 1.29 is 50.9 Å². The lowest BCUT2D eigenvalue weighted by molar-refractivity contribution is -0.679. The fraction of sp³-hybridized carbons (Fsp3) is 0.419. The highest BCUT2D eigenvalue weighted by Gasteiger charge is 2.57. The Kier molecular flexibility index (Phi) is 11.2. The third kappa shape index (κ3) is 8.71. The van der Waals surface area contributed by atoms with Crippen molar-refractivity contribution in [1.82, 2.24) is 10.0 Å². The maximum Gasteiger partial charge on any atom is 0.418 e. The number of aliphatic carboxylic acids is 1. The van der Waals surface area contributed by atoms with E-state index in [-0.39, 0.29) is 10.8 Å². The van der Waals surface area contributed by atoms with E-state index in [0.717, 1.165) is 35.3 Å². The molecule has 1 saturated heterocycles. The van der Waals surface area contributed by atoms with Crippen molar-refractivity contribution in [3.05, 3.63) is 59.4 Å². The molecule has 1 unspecified atom stereocenters. The van der Waals surface area contributed by atoms with Gasteiger partial charge in [-0.2, -0.15) is 13.5 Å². The summed E-state index contributed by atoms with van der Waals surface area (Å²) in [4.78, 5) is 47.2. The Morgan fingerprint density at radius 2 is 1.85 bits per heavy atom. The molecule has 1 aromatic carbocycles. The molecular weight excluding hydrogens is 666 g/mol. The van der Waals surface area contributed by atoms with Crippen molar-refractivity contribution >= 4 is 50.2 Å². The van der Waals surface area contributed by atoms with Crippen molar-refractivity contribution in [2.75, 3.05) is 12.3 Å². The molecule has 0 bridgehead atoms. The van der Waals surface area contributed by atoms with Gasteiger partial charge in [0.05, 0.1) is 11.5 Å². The predicted octanol–water partition coefficient (Wildman–Crippen LogP) is 2.99. The van der Waals surface area contributed by atoms with Gasteiger partial charge in [-0.25, -0.2) is 14.3 Å². The van der Waals surface area contributed by atoms with Crippen LogP contribution in [0.25, 0.3) is 11.1 Å². The van der Waals surface area contributed by atoms with Crippen molar-refractivity contribution in [2.45, 2.75) is 58.6 Å². The molecule has 1 aliphatic heterocycles. The average Bonchev–Trinajstić information content (AvgIpc) is 3.46. The molecule has 17 heteroatoms. The molecule has 1 amide bonds. The van der Waals surface area contributed by atoms with E-state index < -0.39 is 64.4 Å². The first kappa shape index (κ1) is 36.4. The number of nitrogens with two attached hydrogens (primary N) is 1. The quantitative estimate of drug-likeness (QED) is 0.0646. The molecule has 48 heavy (non-hydrogen) atoms. The molecule has 1 fully saturated rings. The second-order valence-corrected chi connectivity index (χ2v) is 13.9. The van der Waals surface area contributed by atoms with Crippen LogP contribution in [-0.4, -0.2) is 69.7 Å². The lowest BCUT2D eigenvalue weighted by Crippen LogP contribution is -2.68. The van der Waals surface area contributed by atoms with E-state index in [1.165, 1.54) is 24.9 Å². The molecule has 0 saturated carbocycles. The number of thiazole rings is 1. The number of ketones is 1. The molecule has 0 aliphatic carbocycles. The largest absolute Gasteiger partial charge is 0.489 e. The minimum absolute atomic E-state index is 0.0138. The van der Waals surface area contributed by atoms with Crippen molar-refractivity contribution in [1.29, 1.82) is 0 Å². The number of pyridine rings is 1. The van der Waals surface area contributed by atoms with Crippen LogP contribution in [0.4, 0.5) is 5.13 Å². The van der Waals surface area contributed by atoms with Gasteiger partial charge in [0.15, 0.2) is 28.5 Å². The second kappa shape index (κ2) is 14.8. The van der Waals surface area contributed by atoms with Gasteiger partial charge in [-0.05, 0) is 43.5 Å². The van der Waals surface area contributed by atoms with Crippen LogP contribution in [0, 0.1) is 11.8 Å². The number of amides is 1. The molecule has 1 aliphatic rings. The molecule has 3 atom stereocenters. The van der Waals surface area contributed by atoms with E-state index in [1.54, 1.807) is 12.1 Å². The number of rotatable bonds is 16. The van der Waals surface area contributed by atoms with E-state index in [9.17, 15) is 27.9 Å². The molecule has 3 aromatic rings. The molecule has 15 nitrogen and oxygen atoms in total. The highest BCUT2D eigenvalue weighted by Crippen LogP contribution is 2.40. The van der Waals surface area contributed by atoms with Crippen LogP contribution in [0.1, 0.15) is 51.9 Å². The Morgan fingerprint density at radius 3 is 2.40 bits per heavy atom. The highest BCUT2D eigenvalue weighted by atomic mass is 32.3. The molecular formula is C31H38N5O10S2+. The summed E-state index contributed by atoms with van der Waals surface area (Å²) in [7, 11) is -2.97. The van der Waals surface area contributed by atoms with Crippen molar-refractivity contribution in [3.63, 3.8) is 0 Å². The van der Waals surface area contributed by atoms with Crippen LogP contribution < -0.4 is 15.0 Å². The number of anilines is 1. The van der Waals surface area contributed by atoms with E-state index in [0.29, 0.717) is 16.7 Å². The van der Waals surface area contributed by atoms with Gasteiger partial charge in [-0.15, -0.1) is 15.6 Å². The third-order valence-electron chi connectivity index (χ3n) is 8.09. The Balaban J connectivity index is 1.44. The molecule has 0 spiro atoms. The minimum atomic E-state index is -4.99. The molecule has 4 rings (SSSR count). The van der Waals surface area contributed by atoms with Gasteiger partial charge in [0, 0.05) is 29.9 Å². The normalized spacial score (nSPS) is 17.4. The summed E-state index contributed by atoms with van der Waals surface area (Å²) in [5.74, 6) is -3.17. The maximum atomic E-state index is 13.3. The lowest BCUT2D eigenvalue weighted by Gasteiger charge is -2.50. The number of ether oxygens (including phenoxy) is 1. The van der Waals surface area contributed by atoms with E-state index in [1.807, 2.05) is 19.2 Å². The first-order valence-corrected chi connectivity index (χ1v) is 17.2. The lowest BCUT2D eigenvalue weighted by atomic mass is 9.74. The number of aryl methyl sites for hydroxylation is 1. The Bertz CT molecular complexity index is 1810. The number of hydroxylamine groups is 2. The highest BCUT2D eigenvalue weighted by molar-refractivity contribution is 7.80. The van der Waals surface area contributed by atoms with Crippen LogP contribution in [0.2, 0.25) is 0 Å². The van der Waals surface area contributed by atoms with Gasteiger partial charge in [0.25, 0.3) is 12.0 Å². The molecule has 2 aromatic heterocycles. The SMILES string of the molecule is CCC(C)Cc1ccc(-c2ccc(OC[C@H](O/N=C(\C(=O)C[C@@H]3C(=O)N(OS(=O)(=O)O)C3(C)C)c3csc(N)n3)C(=O)O)cc2)c[n+]1C. The van der Waals surface area contributed by atoms with Crippen molar-refractivity contribution in [2.24, 2.45) is 24.0 Å². The zero-order valence-electron chi connectivity index (χ0n) is 27.0. The number of carboxylic acids is 1. The monoisotopic (exact) mass is 704 g/mol. The average molecular weight is 705 g/mol. The van der Waals surface area contributed by atoms with E-state index in [4.69, 9.17) is 19.9 Å². The minimum Gasteiger partial charge on any atom is -0.489 e. The van der Waals surface area contributed by atoms with Crippen LogP contribution in [-0.2, 0) is 47.4 Å². The summed E-state index contributed by atoms with van der Waals surface area (Å²) in [5.41, 5.74) is 7.17. The van der Waals surface area contributed by atoms with Gasteiger partial charge in [-0.1, -0.05) is 37.6 Å². The number of Topliss-reactive ketones (excluding diaryl/α,β-unsaturated/α-hetero) is 1. The first-order valence-electron chi connectivity index (χ1n) is 14.9. The smallest absolute Gasteiger partial charge is 0.418 e. The molecule has 258 valence electrons. The summed E-state index contributed by atoms with van der Waals surface area (Å²) in [5, 5.41) is 15.5. The topological polar surface area (TPSA) is 212 Å². The number of oxime groups is 1. The number of aromatic nitrogens is 2. The van der Waals surface area contributed by atoms with Crippen molar-refractivity contribution in [3.8, 4) is 16.9 Å². The van der Waals surface area contributed by atoms with Gasteiger partial charge in [0.1, 0.15) is 25.1 Å². The fourth-order valence-electron chi connectivity index (χ4n) is 4.99. The number of hydrogen-bond donors (Lipinski definition) is 3. The number of nitrogen functional groups attached to an aromatic ring is 1.